The van der Waals surface area contributed by atoms with Crippen molar-refractivity contribution in [2.45, 2.75) is 25.9 Å². The number of rotatable bonds is 3. The van der Waals surface area contributed by atoms with E-state index in [0.29, 0.717) is 11.8 Å². The Labute approximate surface area is 113 Å². The summed E-state index contributed by atoms with van der Waals surface area (Å²) in [4.78, 5) is 12.4. The number of carbonyl (C=O) groups is 1. The van der Waals surface area contributed by atoms with E-state index in [1.54, 1.807) is 0 Å². The SMILES string of the molecule is O=C(Nc1ccccc1CO)C1C2C3CCC(C3)C12. The van der Waals surface area contributed by atoms with Gasteiger partial charge in [0.05, 0.1) is 6.61 Å². The molecule has 19 heavy (non-hydrogen) atoms. The Morgan fingerprint density at radius 2 is 1.89 bits per heavy atom. The summed E-state index contributed by atoms with van der Waals surface area (Å²) < 4.78 is 0. The van der Waals surface area contributed by atoms with Gasteiger partial charge in [-0.1, -0.05) is 18.2 Å². The molecule has 3 heteroatoms. The Balaban J connectivity index is 1.48. The molecule has 1 amide bonds. The van der Waals surface area contributed by atoms with Gasteiger partial charge in [0.25, 0.3) is 0 Å². The quantitative estimate of drug-likeness (QED) is 0.873. The van der Waals surface area contributed by atoms with E-state index in [0.717, 1.165) is 23.1 Å². The third-order valence-electron chi connectivity index (χ3n) is 5.48. The summed E-state index contributed by atoms with van der Waals surface area (Å²) in [6.45, 7) is -0.0285. The lowest BCUT2D eigenvalue weighted by molar-refractivity contribution is -0.118. The molecular formula is C16H19NO2. The van der Waals surface area contributed by atoms with Crippen LogP contribution in [0.4, 0.5) is 5.69 Å². The lowest BCUT2D eigenvalue weighted by Gasteiger charge is -2.12. The number of carbonyl (C=O) groups excluding carboxylic acids is 1. The highest BCUT2D eigenvalue weighted by Gasteiger charge is 2.67. The van der Waals surface area contributed by atoms with Gasteiger partial charge < -0.3 is 10.4 Å². The number of fused-ring (bicyclic) bond motifs is 5. The first kappa shape index (κ1) is 11.5. The largest absolute Gasteiger partial charge is 0.392 e. The molecule has 1 aromatic rings. The molecule has 3 fully saturated rings. The fraction of sp³-hybridized carbons (Fsp3) is 0.562. The van der Waals surface area contributed by atoms with Crippen molar-refractivity contribution < 1.29 is 9.90 Å². The second kappa shape index (κ2) is 4.07. The highest BCUT2D eigenvalue weighted by atomic mass is 16.3. The molecule has 0 aromatic heterocycles. The number of aliphatic hydroxyl groups is 1. The van der Waals surface area contributed by atoms with E-state index in [-0.39, 0.29) is 18.4 Å². The summed E-state index contributed by atoms with van der Waals surface area (Å²) in [6.07, 6.45) is 4.04. The lowest BCUT2D eigenvalue weighted by atomic mass is 10.0. The summed E-state index contributed by atoms with van der Waals surface area (Å²) in [7, 11) is 0. The van der Waals surface area contributed by atoms with Crippen molar-refractivity contribution in [3.8, 4) is 0 Å². The predicted molar refractivity (Wildman–Crippen MR) is 72.3 cm³/mol. The molecule has 4 rings (SSSR count). The Hall–Kier alpha value is -1.35. The highest BCUT2D eigenvalue weighted by molar-refractivity contribution is 5.95. The fourth-order valence-corrected chi connectivity index (χ4v) is 4.67. The number of aliphatic hydroxyl groups excluding tert-OH is 1. The molecule has 2 bridgehead atoms. The molecule has 0 radical (unpaired) electrons. The van der Waals surface area contributed by atoms with Gasteiger partial charge in [0.2, 0.25) is 5.91 Å². The molecule has 3 saturated carbocycles. The highest BCUT2D eigenvalue weighted by Crippen LogP contribution is 2.69. The molecule has 2 N–H and O–H groups in total. The smallest absolute Gasteiger partial charge is 0.228 e. The Morgan fingerprint density at radius 3 is 2.58 bits per heavy atom. The summed E-state index contributed by atoms with van der Waals surface area (Å²) in [5.74, 6) is 3.39. The maximum Gasteiger partial charge on any atom is 0.228 e. The minimum atomic E-state index is -0.0285. The van der Waals surface area contributed by atoms with Gasteiger partial charge in [0.1, 0.15) is 0 Å². The monoisotopic (exact) mass is 257 g/mol. The third-order valence-corrected chi connectivity index (χ3v) is 5.48. The van der Waals surface area contributed by atoms with Crippen LogP contribution in [0.5, 0.6) is 0 Å². The van der Waals surface area contributed by atoms with Gasteiger partial charge in [-0.3, -0.25) is 4.79 Å². The topological polar surface area (TPSA) is 49.3 Å². The van der Waals surface area contributed by atoms with E-state index in [1.165, 1.54) is 19.3 Å². The number of anilines is 1. The molecular weight excluding hydrogens is 238 g/mol. The van der Waals surface area contributed by atoms with Crippen LogP contribution in [-0.2, 0) is 11.4 Å². The van der Waals surface area contributed by atoms with Crippen LogP contribution in [0.15, 0.2) is 24.3 Å². The van der Waals surface area contributed by atoms with Crippen molar-refractivity contribution in [1.82, 2.24) is 0 Å². The van der Waals surface area contributed by atoms with Gasteiger partial charge in [-0.2, -0.15) is 0 Å². The fourth-order valence-electron chi connectivity index (χ4n) is 4.67. The van der Waals surface area contributed by atoms with Crippen molar-refractivity contribution in [2.24, 2.45) is 29.6 Å². The minimum absolute atomic E-state index is 0.0285. The molecule has 3 nitrogen and oxygen atoms in total. The Bertz CT molecular complexity index is 511. The number of para-hydroxylation sites is 1. The predicted octanol–water partition coefficient (Wildman–Crippen LogP) is 2.41. The Kier molecular flexibility index (Phi) is 2.46. The second-order valence-electron chi connectivity index (χ2n) is 6.32. The van der Waals surface area contributed by atoms with Crippen LogP contribution in [0.2, 0.25) is 0 Å². The summed E-state index contributed by atoms with van der Waals surface area (Å²) in [5.41, 5.74) is 1.57. The summed E-state index contributed by atoms with van der Waals surface area (Å²) in [5, 5.41) is 12.3. The molecule has 4 atom stereocenters. The van der Waals surface area contributed by atoms with Gasteiger partial charge >= 0.3 is 0 Å². The molecule has 0 spiro atoms. The van der Waals surface area contributed by atoms with Crippen molar-refractivity contribution in [3.05, 3.63) is 29.8 Å². The number of hydrogen-bond acceptors (Lipinski definition) is 2. The van der Waals surface area contributed by atoms with E-state index in [2.05, 4.69) is 5.32 Å². The first-order chi connectivity index (χ1) is 9.29. The van der Waals surface area contributed by atoms with Crippen LogP contribution in [0.3, 0.4) is 0 Å². The number of amides is 1. The van der Waals surface area contributed by atoms with Crippen LogP contribution in [-0.4, -0.2) is 11.0 Å². The molecule has 1 aromatic carbocycles. The first-order valence-corrected chi connectivity index (χ1v) is 7.29. The van der Waals surface area contributed by atoms with Crippen molar-refractivity contribution in [2.75, 3.05) is 5.32 Å². The third kappa shape index (κ3) is 1.64. The first-order valence-electron chi connectivity index (χ1n) is 7.29. The zero-order valence-corrected chi connectivity index (χ0v) is 10.9. The average molecular weight is 257 g/mol. The summed E-state index contributed by atoms with van der Waals surface area (Å²) >= 11 is 0. The maximum atomic E-state index is 12.4. The van der Waals surface area contributed by atoms with Gasteiger partial charge in [-0.25, -0.2) is 0 Å². The van der Waals surface area contributed by atoms with Crippen LogP contribution in [0.25, 0.3) is 0 Å². The molecule has 3 aliphatic carbocycles. The lowest BCUT2D eigenvalue weighted by Crippen LogP contribution is -2.19. The van der Waals surface area contributed by atoms with Crippen molar-refractivity contribution in [3.63, 3.8) is 0 Å². The molecule has 100 valence electrons. The van der Waals surface area contributed by atoms with Crippen LogP contribution < -0.4 is 5.32 Å². The van der Waals surface area contributed by atoms with E-state index in [1.807, 2.05) is 24.3 Å². The van der Waals surface area contributed by atoms with Crippen LogP contribution in [0.1, 0.15) is 24.8 Å². The zero-order valence-electron chi connectivity index (χ0n) is 10.9. The van der Waals surface area contributed by atoms with Gasteiger partial charge in [0, 0.05) is 17.2 Å². The average Bonchev–Trinajstić information content (AvgIpc) is 2.88. The van der Waals surface area contributed by atoms with Gasteiger partial charge in [-0.15, -0.1) is 0 Å². The molecule has 3 aliphatic rings. The van der Waals surface area contributed by atoms with E-state index in [4.69, 9.17) is 0 Å². The standard InChI is InChI=1S/C16H19NO2/c18-8-11-3-1-2-4-12(11)17-16(19)15-13-9-5-6-10(7-9)14(13)15/h1-4,9-10,13-15,18H,5-8H2,(H,17,19). The van der Waals surface area contributed by atoms with E-state index < -0.39 is 0 Å². The summed E-state index contributed by atoms with van der Waals surface area (Å²) in [6, 6.07) is 7.50. The van der Waals surface area contributed by atoms with Gasteiger partial charge in [-0.05, 0) is 49.0 Å². The molecule has 0 aliphatic heterocycles. The molecule has 4 unspecified atom stereocenters. The Morgan fingerprint density at radius 1 is 1.21 bits per heavy atom. The maximum absolute atomic E-state index is 12.4. The molecule has 0 heterocycles. The molecule has 0 saturated heterocycles. The zero-order chi connectivity index (χ0) is 13.0. The van der Waals surface area contributed by atoms with Crippen LogP contribution >= 0.6 is 0 Å². The number of nitrogens with one attached hydrogen (secondary N) is 1. The van der Waals surface area contributed by atoms with E-state index >= 15 is 0 Å². The van der Waals surface area contributed by atoms with Crippen molar-refractivity contribution in [1.29, 1.82) is 0 Å². The number of benzene rings is 1. The normalized spacial score (nSPS) is 38.1. The van der Waals surface area contributed by atoms with Gasteiger partial charge in [0.15, 0.2) is 0 Å². The van der Waals surface area contributed by atoms with Crippen LogP contribution in [0, 0.1) is 29.6 Å². The minimum Gasteiger partial charge on any atom is -0.392 e. The number of hydrogen-bond donors (Lipinski definition) is 2. The van der Waals surface area contributed by atoms with Crippen molar-refractivity contribution >= 4 is 11.6 Å². The second-order valence-corrected chi connectivity index (χ2v) is 6.32. The van der Waals surface area contributed by atoms with E-state index in [9.17, 15) is 9.90 Å².